The normalized spacial score (nSPS) is 27.4. The van der Waals surface area contributed by atoms with E-state index < -0.39 is 0 Å². The van der Waals surface area contributed by atoms with Crippen LogP contribution in [-0.2, 0) is 6.42 Å². The number of para-hydroxylation sites is 1. The second kappa shape index (κ2) is 4.14. The predicted octanol–water partition coefficient (Wildman–Crippen LogP) is 3.71. The third-order valence-electron chi connectivity index (χ3n) is 3.36. The number of halogens is 1. The molecule has 0 saturated heterocycles. The molecular weight excluding hydrogens is 220 g/mol. The second-order valence-electron chi connectivity index (χ2n) is 4.64. The minimum atomic E-state index is 0.249. The van der Waals surface area contributed by atoms with Crippen LogP contribution in [0.2, 0.25) is 0 Å². The van der Waals surface area contributed by atoms with E-state index in [4.69, 9.17) is 16.3 Å². The van der Waals surface area contributed by atoms with Crippen molar-refractivity contribution in [1.29, 1.82) is 0 Å². The Balaban J connectivity index is 1.66. The molecule has 1 aliphatic heterocycles. The SMILES string of the molecule is ClC1C=C(CC2Cc3ccccc3O2)CC1. The zero-order chi connectivity index (χ0) is 11.0. The molecule has 16 heavy (non-hydrogen) atoms. The first-order valence-corrected chi connectivity index (χ1v) is 6.33. The van der Waals surface area contributed by atoms with Crippen LogP contribution in [0.3, 0.4) is 0 Å². The lowest BCUT2D eigenvalue weighted by Gasteiger charge is -2.10. The van der Waals surface area contributed by atoms with Gasteiger partial charge in [-0.15, -0.1) is 11.6 Å². The molecule has 0 aromatic heterocycles. The number of hydrogen-bond acceptors (Lipinski definition) is 1. The Labute approximate surface area is 101 Å². The molecule has 1 nitrogen and oxygen atoms in total. The van der Waals surface area contributed by atoms with E-state index in [1.54, 1.807) is 0 Å². The number of alkyl halides is 1. The summed E-state index contributed by atoms with van der Waals surface area (Å²) in [5.74, 6) is 1.06. The quantitative estimate of drug-likeness (QED) is 0.560. The van der Waals surface area contributed by atoms with Crippen molar-refractivity contribution in [2.24, 2.45) is 0 Å². The van der Waals surface area contributed by atoms with E-state index in [1.165, 1.54) is 11.1 Å². The Kier molecular flexibility index (Phi) is 2.64. The predicted molar refractivity (Wildman–Crippen MR) is 66.1 cm³/mol. The smallest absolute Gasteiger partial charge is 0.123 e. The van der Waals surface area contributed by atoms with Crippen molar-refractivity contribution in [3.63, 3.8) is 0 Å². The van der Waals surface area contributed by atoms with Crippen molar-refractivity contribution in [2.45, 2.75) is 37.2 Å². The third kappa shape index (κ3) is 1.97. The van der Waals surface area contributed by atoms with E-state index in [9.17, 15) is 0 Å². The lowest BCUT2D eigenvalue weighted by Crippen LogP contribution is -2.13. The first-order chi connectivity index (χ1) is 7.81. The van der Waals surface area contributed by atoms with E-state index in [-0.39, 0.29) is 5.38 Å². The van der Waals surface area contributed by atoms with E-state index in [0.717, 1.165) is 31.4 Å². The van der Waals surface area contributed by atoms with Gasteiger partial charge in [-0.1, -0.05) is 29.8 Å². The fourth-order valence-corrected chi connectivity index (χ4v) is 2.86. The standard InChI is InChI=1S/C14H15ClO/c15-12-6-5-10(7-12)8-13-9-11-3-1-2-4-14(11)16-13/h1-4,7,12-13H,5-6,8-9H2. The Bertz CT molecular complexity index is 399. The highest BCUT2D eigenvalue weighted by molar-refractivity contribution is 6.22. The van der Waals surface area contributed by atoms with Gasteiger partial charge < -0.3 is 4.74 Å². The monoisotopic (exact) mass is 234 g/mol. The summed E-state index contributed by atoms with van der Waals surface area (Å²) in [6.07, 6.45) is 6.85. The number of benzene rings is 1. The third-order valence-corrected chi connectivity index (χ3v) is 3.71. The highest BCUT2D eigenvalue weighted by Gasteiger charge is 2.24. The summed E-state index contributed by atoms with van der Waals surface area (Å²) < 4.78 is 5.92. The van der Waals surface area contributed by atoms with Crippen LogP contribution in [0.5, 0.6) is 5.75 Å². The highest BCUT2D eigenvalue weighted by Crippen LogP contribution is 2.33. The molecule has 0 fully saturated rings. The van der Waals surface area contributed by atoms with E-state index >= 15 is 0 Å². The minimum Gasteiger partial charge on any atom is -0.489 e. The number of rotatable bonds is 2. The molecule has 84 valence electrons. The van der Waals surface area contributed by atoms with Gasteiger partial charge in [0.15, 0.2) is 0 Å². The first kappa shape index (κ1) is 10.2. The van der Waals surface area contributed by atoms with Crippen LogP contribution in [0, 0.1) is 0 Å². The second-order valence-corrected chi connectivity index (χ2v) is 5.20. The molecule has 2 unspecified atom stereocenters. The maximum absolute atomic E-state index is 6.06. The molecule has 0 bridgehead atoms. The van der Waals surface area contributed by atoms with Gasteiger partial charge in [0.1, 0.15) is 11.9 Å². The molecular formula is C14H15ClO. The van der Waals surface area contributed by atoms with Crippen LogP contribution < -0.4 is 4.74 Å². The molecule has 1 aromatic carbocycles. The van der Waals surface area contributed by atoms with Gasteiger partial charge in [0.05, 0.1) is 5.38 Å². The Morgan fingerprint density at radius 2 is 2.19 bits per heavy atom. The zero-order valence-electron chi connectivity index (χ0n) is 9.16. The summed E-state index contributed by atoms with van der Waals surface area (Å²) >= 11 is 6.06. The Morgan fingerprint density at radius 3 is 2.94 bits per heavy atom. The summed E-state index contributed by atoms with van der Waals surface area (Å²) in [6.45, 7) is 0. The number of fused-ring (bicyclic) bond motifs is 1. The molecule has 2 atom stereocenters. The molecule has 1 heterocycles. The molecule has 0 amide bonds. The van der Waals surface area contributed by atoms with Gasteiger partial charge in [0.2, 0.25) is 0 Å². The summed E-state index contributed by atoms with van der Waals surface area (Å²) in [6, 6.07) is 8.32. The van der Waals surface area contributed by atoms with Gasteiger partial charge in [0.25, 0.3) is 0 Å². The van der Waals surface area contributed by atoms with Gasteiger partial charge in [-0.05, 0) is 24.5 Å². The van der Waals surface area contributed by atoms with Gasteiger partial charge in [-0.2, -0.15) is 0 Å². The molecule has 0 spiro atoms. The lowest BCUT2D eigenvalue weighted by atomic mass is 10.0. The van der Waals surface area contributed by atoms with E-state index in [1.807, 2.05) is 6.07 Å². The Hall–Kier alpha value is -0.950. The van der Waals surface area contributed by atoms with Crippen LogP contribution in [-0.4, -0.2) is 11.5 Å². The summed E-state index contributed by atoms with van der Waals surface area (Å²) in [5, 5.41) is 0.249. The number of ether oxygens (including phenoxy) is 1. The van der Waals surface area contributed by atoms with Crippen LogP contribution >= 0.6 is 11.6 Å². The van der Waals surface area contributed by atoms with Gasteiger partial charge >= 0.3 is 0 Å². The zero-order valence-corrected chi connectivity index (χ0v) is 9.91. The van der Waals surface area contributed by atoms with Gasteiger partial charge in [0, 0.05) is 12.8 Å². The first-order valence-electron chi connectivity index (χ1n) is 5.89. The van der Waals surface area contributed by atoms with Crippen molar-refractivity contribution >= 4 is 11.6 Å². The van der Waals surface area contributed by atoms with Crippen molar-refractivity contribution in [2.75, 3.05) is 0 Å². The van der Waals surface area contributed by atoms with Crippen LogP contribution in [0.25, 0.3) is 0 Å². The number of hydrogen-bond donors (Lipinski definition) is 0. The van der Waals surface area contributed by atoms with Crippen molar-refractivity contribution in [1.82, 2.24) is 0 Å². The summed E-state index contributed by atoms with van der Waals surface area (Å²) in [4.78, 5) is 0. The molecule has 2 aliphatic rings. The van der Waals surface area contributed by atoms with Crippen LogP contribution in [0.15, 0.2) is 35.9 Å². The summed E-state index contributed by atoms with van der Waals surface area (Å²) in [5.41, 5.74) is 2.81. The molecule has 0 N–H and O–H groups in total. The van der Waals surface area contributed by atoms with E-state index in [2.05, 4.69) is 24.3 Å². The molecule has 0 saturated carbocycles. The van der Waals surface area contributed by atoms with Gasteiger partial charge in [-0.25, -0.2) is 0 Å². The number of allylic oxidation sites excluding steroid dienone is 1. The lowest BCUT2D eigenvalue weighted by molar-refractivity contribution is 0.232. The fraction of sp³-hybridized carbons (Fsp3) is 0.429. The molecule has 1 aliphatic carbocycles. The average Bonchev–Trinajstić information content (AvgIpc) is 2.84. The maximum atomic E-state index is 6.06. The van der Waals surface area contributed by atoms with Gasteiger partial charge in [-0.3, -0.25) is 0 Å². The largest absolute Gasteiger partial charge is 0.489 e. The van der Waals surface area contributed by atoms with Crippen molar-refractivity contribution in [3.05, 3.63) is 41.5 Å². The summed E-state index contributed by atoms with van der Waals surface area (Å²) in [7, 11) is 0. The highest BCUT2D eigenvalue weighted by atomic mass is 35.5. The molecule has 2 heteroatoms. The molecule has 1 aromatic rings. The molecule has 0 radical (unpaired) electrons. The average molecular weight is 235 g/mol. The fourth-order valence-electron chi connectivity index (χ4n) is 2.58. The van der Waals surface area contributed by atoms with E-state index in [0.29, 0.717) is 6.10 Å². The van der Waals surface area contributed by atoms with Crippen molar-refractivity contribution < 1.29 is 4.74 Å². The topological polar surface area (TPSA) is 9.23 Å². The van der Waals surface area contributed by atoms with Crippen molar-refractivity contribution in [3.8, 4) is 5.75 Å². The molecule has 3 rings (SSSR count). The van der Waals surface area contributed by atoms with Crippen LogP contribution in [0.1, 0.15) is 24.8 Å². The van der Waals surface area contributed by atoms with Crippen LogP contribution in [0.4, 0.5) is 0 Å². The maximum Gasteiger partial charge on any atom is 0.123 e. The minimum absolute atomic E-state index is 0.249. The Morgan fingerprint density at radius 1 is 1.31 bits per heavy atom.